The number of phenolic OH excluding ortho intramolecular Hbond substituents is 1. The minimum absolute atomic E-state index is 0.0165. The minimum atomic E-state index is -0.627. The quantitative estimate of drug-likeness (QED) is 0.0971. The van der Waals surface area contributed by atoms with E-state index in [0.29, 0.717) is 13.0 Å². The van der Waals surface area contributed by atoms with E-state index in [1.54, 1.807) is 12.1 Å². The lowest BCUT2D eigenvalue weighted by molar-refractivity contribution is -0.133. The summed E-state index contributed by atoms with van der Waals surface area (Å²) in [6.45, 7) is 4.77. The molecule has 0 aliphatic rings. The lowest BCUT2D eigenvalue weighted by Crippen LogP contribution is -2.38. The zero-order valence-electron chi connectivity index (χ0n) is 23.7. The molecule has 0 radical (unpaired) electrons. The molecule has 1 aromatic rings. The second kappa shape index (κ2) is 23.7. The maximum Gasteiger partial charge on any atom is 0.341 e. The molecule has 0 saturated heterocycles. The van der Waals surface area contributed by atoms with Gasteiger partial charge in [-0.15, -0.1) is 0 Å². The van der Waals surface area contributed by atoms with E-state index in [1.165, 1.54) is 12.1 Å². The Labute approximate surface area is 235 Å². The molecule has 1 unspecified atom stereocenters. The summed E-state index contributed by atoms with van der Waals surface area (Å²) in [6, 6.07) is 6.18. The highest BCUT2D eigenvalue weighted by Gasteiger charge is 2.17. The van der Waals surface area contributed by atoms with Gasteiger partial charge in [-0.1, -0.05) is 86.7 Å². The van der Waals surface area contributed by atoms with Crippen LogP contribution in [0.25, 0.3) is 0 Å². The normalized spacial score (nSPS) is 12.9. The molecule has 6 nitrogen and oxygen atoms in total. The summed E-state index contributed by atoms with van der Waals surface area (Å²) >= 11 is 0. The molecule has 0 aliphatic heterocycles. The summed E-state index contributed by atoms with van der Waals surface area (Å²) in [7, 11) is 0. The predicted octanol–water partition coefficient (Wildman–Crippen LogP) is 7.38. The fourth-order valence-corrected chi connectivity index (χ4v) is 3.49. The monoisotopic (exact) mass is 537 g/mol. The van der Waals surface area contributed by atoms with Crippen molar-refractivity contribution in [2.45, 2.75) is 77.7 Å². The van der Waals surface area contributed by atoms with Gasteiger partial charge in [-0.3, -0.25) is 4.79 Å². The number of carbonyl (C=O) groups excluding carboxylic acids is 2. The van der Waals surface area contributed by atoms with Crippen molar-refractivity contribution in [3.63, 3.8) is 0 Å². The van der Waals surface area contributed by atoms with Crippen molar-refractivity contribution >= 4 is 11.9 Å². The van der Waals surface area contributed by atoms with Gasteiger partial charge in [-0.2, -0.15) is 0 Å². The van der Waals surface area contributed by atoms with Crippen molar-refractivity contribution in [2.75, 3.05) is 19.8 Å². The van der Waals surface area contributed by atoms with Crippen LogP contribution < -0.4 is 5.32 Å². The number of phenols is 1. The molecule has 0 aliphatic carbocycles. The summed E-state index contributed by atoms with van der Waals surface area (Å²) in [5.74, 6) is -0.973. The molecule has 0 spiro atoms. The molecule has 1 atom stereocenters. The molecule has 0 bridgehead atoms. The number of rotatable bonds is 21. The molecule has 2 N–H and O–H groups in total. The first-order chi connectivity index (χ1) is 19.1. The smallest absolute Gasteiger partial charge is 0.341 e. The van der Waals surface area contributed by atoms with Crippen LogP contribution in [0.1, 0.15) is 82.0 Å². The van der Waals surface area contributed by atoms with Gasteiger partial charge in [0.15, 0.2) is 0 Å². The van der Waals surface area contributed by atoms with Gasteiger partial charge in [0, 0.05) is 6.61 Å². The summed E-state index contributed by atoms with van der Waals surface area (Å²) in [5, 5.41) is 12.4. The summed E-state index contributed by atoms with van der Waals surface area (Å²) < 4.78 is 10.8. The Bertz CT molecular complexity index is 945. The number of hydrogen-bond donors (Lipinski definition) is 2. The largest absolute Gasteiger partial charge is 0.507 e. The van der Waals surface area contributed by atoms with Crippen LogP contribution in [0.4, 0.5) is 0 Å². The molecule has 0 fully saturated rings. The standard InChI is InChI=1S/C33H47NO5/c1-3-5-6-7-8-9-10-11-12-13-14-15-16-17-18-19-20-23-27-38-31(4-2)32(36)34-26-28-39-33(37)29-24-21-22-25-30(29)35/h5-6,8-9,11-12,14-15,17-18,21-22,24-25,31,35H,3-4,7,10,13,16,19-20,23,26-28H2,1-2H3,(H,34,36). The number of ether oxygens (including phenoxy) is 2. The SMILES string of the molecule is CCC=CCC=CCC=CCC=CCC=CCCCCOC(CC)C(=O)NCCOC(=O)c1ccccc1O. The third-order valence-electron chi connectivity index (χ3n) is 5.66. The second-order valence-electron chi connectivity index (χ2n) is 8.92. The van der Waals surface area contributed by atoms with E-state index in [1.807, 2.05) is 6.92 Å². The molecule has 6 heteroatoms. The van der Waals surface area contributed by atoms with Crippen molar-refractivity contribution in [3.05, 3.63) is 90.6 Å². The van der Waals surface area contributed by atoms with E-state index in [-0.39, 0.29) is 30.4 Å². The molecule has 0 aromatic heterocycles. The van der Waals surface area contributed by atoms with Crippen molar-refractivity contribution in [3.8, 4) is 5.75 Å². The Kier molecular flexibility index (Phi) is 20.5. The van der Waals surface area contributed by atoms with E-state index in [9.17, 15) is 14.7 Å². The van der Waals surface area contributed by atoms with Crippen molar-refractivity contribution < 1.29 is 24.2 Å². The highest BCUT2D eigenvalue weighted by atomic mass is 16.5. The Morgan fingerprint density at radius 1 is 0.821 bits per heavy atom. The number of benzene rings is 1. The summed E-state index contributed by atoms with van der Waals surface area (Å²) in [5.41, 5.74) is 0.100. The number of nitrogens with one attached hydrogen (secondary N) is 1. The first kappa shape index (κ1) is 33.6. The maximum atomic E-state index is 12.3. The number of allylic oxidation sites excluding steroid dienone is 10. The van der Waals surface area contributed by atoms with E-state index < -0.39 is 12.1 Å². The molecule has 1 rings (SSSR count). The van der Waals surface area contributed by atoms with E-state index in [4.69, 9.17) is 9.47 Å². The number of esters is 1. The Morgan fingerprint density at radius 2 is 1.41 bits per heavy atom. The van der Waals surface area contributed by atoms with E-state index >= 15 is 0 Å². The highest BCUT2D eigenvalue weighted by Crippen LogP contribution is 2.16. The fraction of sp³-hybridized carbons (Fsp3) is 0.455. The third kappa shape index (κ3) is 17.7. The fourth-order valence-electron chi connectivity index (χ4n) is 3.49. The van der Waals surface area contributed by atoms with Crippen LogP contribution in [0.15, 0.2) is 85.0 Å². The number of amides is 1. The van der Waals surface area contributed by atoms with Crippen LogP contribution in [-0.4, -0.2) is 42.8 Å². The number of unbranched alkanes of at least 4 members (excludes halogenated alkanes) is 2. The molecule has 39 heavy (non-hydrogen) atoms. The lowest BCUT2D eigenvalue weighted by Gasteiger charge is -2.16. The summed E-state index contributed by atoms with van der Waals surface area (Å²) in [4.78, 5) is 24.3. The average molecular weight is 538 g/mol. The van der Waals surface area contributed by atoms with Gasteiger partial charge in [-0.05, 0) is 69.9 Å². The van der Waals surface area contributed by atoms with Crippen LogP contribution >= 0.6 is 0 Å². The van der Waals surface area contributed by atoms with E-state index in [2.05, 4.69) is 73.0 Å². The van der Waals surface area contributed by atoms with Gasteiger partial charge >= 0.3 is 5.97 Å². The van der Waals surface area contributed by atoms with Gasteiger partial charge in [0.05, 0.1) is 6.54 Å². The van der Waals surface area contributed by atoms with Gasteiger partial charge in [-0.25, -0.2) is 4.79 Å². The van der Waals surface area contributed by atoms with Crippen LogP contribution in [0.5, 0.6) is 5.75 Å². The number of aromatic hydroxyl groups is 1. The topological polar surface area (TPSA) is 84.9 Å². The zero-order valence-corrected chi connectivity index (χ0v) is 23.7. The molecular formula is C33H47NO5. The van der Waals surface area contributed by atoms with Crippen molar-refractivity contribution in [1.82, 2.24) is 5.32 Å². The summed E-state index contributed by atoms with van der Waals surface area (Å²) in [6.07, 6.45) is 29.9. The van der Waals surface area contributed by atoms with E-state index in [0.717, 1.165) is 51.4 Å². The first-order valence-corrected chi connectivity index (χ1v) is 14.2. The molecule has 214 valence electrons. The van der Waals surface area contributed by atoms with Gasteiger partial charge < -0.3 is 19.9 Å². The highest BCUT2D eigenvalue weighted by molar-refractivity contribution is 5.92. The third-order valence-corrected chi connectivity index (χ3v) is 5.66. The minimum Gasteiger partial charge on any atom is -0.507 e. The van der Waals surface area contributed by atoms with Crippen LogP contribution in [0.3, 0.4) is 0 Å². The molecule has 1 amide bonds. The lowest BCUT2D eigenvalue weighted by atomic mass is 10.2. The molecular weight excluding hydrogens is 490 g/mol. The van der Waals surface area contributed by atoms with Crippen LogP contribution in [0, 0.1) is 0 Å². The Balaban J connectivity index is 2.05. The van der Waals surface area contributed by atoms with Gasteiger partial charge in [0.1, 0.15) is 24.0 Å². The molecule has 0 saturated carbocycles. The predicted molar refractivity (Wildman–Crippen MR) is 160 cm³/mol. The number of carbonyl (C=O) groups is 2. The first-order valence-electron chi connectivity index (χ1n) is 14.2. The van der Waals surface area contributed by atoms with Crippen molar-refractivity contribution in [2.24, 2.45) is 0 Å². The Morgan fingerprint density at radius 3 is 2.00 bits per heavy atom. The Hall–Kier alpha value is -3.38. The van der Waals surface area contributed by atoms with Crippen LogP contribution in [0.2, 0.25) is 0 Å². The number of hydrogen-bond acceptors (Lipinski definition) is 5. The zero-order chi connectivity index (χ0) is 28.4. The molecule has 1 aromatic carbocycles. The van der Waals surface area contributed by atoms with Gasteiger partial charge in [0.25, 0.3) is 0 Å². The maximum absolute atomic E-state index is 12.3. The average Bonchev–Trinajstić information content (AvgIpc) is 2.94. The number of para-hydroxylation sites is 1. The second-order valence-corrected chi connectivity index (χ2v) is 8.92. The van der Waals surface area contributed by atoms with Gasteiger partial charge in [0.2, 0.25) is 5.91 Å². The van der Waals surface area contributed by atoms with Crippen LogP contribution in [-0.2, 0) is 14.3 Å². The van der Waals surface area contributed by atoms with Crippen molar-refractivity contribution in [1.29, 1.82) is 0 Å². The molecule has 0 heterocycles.